The van der Waals surface area contributed by atoms with Crippen molar-refractivity contribution < 1.29 is 9.18 Å². The Balaban J connectivity index is 0.00000264. The van der Waals surface area contributed by atoms with Crippen LogP contribution >= 0.6 is 12.4 Å². The lowest BCUT2D eigenvalue weighted by atomic mass is 9.78. The van der Waals surface area contributed by atoms with Crippen molar-refractivity contribution in [3.63, 3.8) is 0 Å². The first kappa shape index (κ1) is 19.9. The molecule has 2 rings (SSSR count). The van der Waals surface area contributed by atoms with Crippen LogP contribution in [0.3, 0.4) is 0 Å². The van der Waals surface area contributed by atoms with E-state index in [1.807, 2.05) is 26.0 Å². The van der Waals surface area contributed by atoms with Crippen LogP contribution in [-0.4, -0.2) is 18.5 Å². The fraction of sp³-hybridized carbons (Fsp3) is 0.611. The summed E-state index contributed by atoms with van der Waals surface area (Å²) in [4.78, 5) is 12.2. The SMILES string of the molecule is CCC(C)C(N)C(=O)NCC1(c2ccc(F)cc2)CCCC1.Cl. The summed E-state index contributed by atoms with van der Waals surface area (Å²) < 4.78 is 13.2. The molecule has 130 valence electrons. The van der Waals surface area contributed by atoms with Gasteiger partial charge in [-0.1, -0.05) is 45.2 Å². The van der Waals surface area contributed by atoms with Gasteiger partial charge < -0.3 is 11.1 Å². The summed E-state index contributed by atoms with van der Waals surface area (Å²) in [5.74, 6) is -0.132. The number of hydrogen-bond acceptors (Lipinski definition) is 2. The van der Waals surface area contributed by atoms with E-state index in [0.29, 0.717) is 6.54 Å². The quantitative estimate of drug-likeness (QED) is 0.830. The van der Waals surface area contributed by atoms with E-state index in [1.165, 1.54) is 12.1 Å². The Morgan fingerprint density at radius 3 is 2.39 bits per heavy atom. The third-order valence-corrected chi connectivity index (χ3v) is 5.18. The van der Waals surface area contributed by atoms with E-state index in [-0.39, 0.29) is 35.5 Å². The molecular formula is C18H28ClFN2O. The minimum atomic E-state index is -0.461. The molecule has 0 heterocycles. The lowest BCUT2D eigenvalue weighted by Gasteiger charge is -2.31. The van der Waals surface area contributed by atoms with Crippen molar-refractivity contribution in [2.45, 2.75) is 57.4 Å². The first-order chi connectivity index (χ1) is 10.5. The Morgan fingerprint density at radius 2 is 1.87 bits per heavy atom. The summed E-state index contributed by atoms with van der Waals surface area (Å²) in [6.07, 6.45) is 5.22. The molecule has 5 heteroatoms. The molecule has 0 bridgehead atoms. The molecule has 0 spiro atoms. The Labute approximate surface area is 144 Å². The first-order valence-electron chi connectivity index (χ1n) is 8.28. The Hall–Kier alpha value is -1.13. The molecule has 2 atom stereocenters. The van der Waals surface area contributed by atoms with Crippen molar-refractivity contribution in [1.82, 2.24) is 5.32 Å². The van der Waals surface area contributed by atoms with Gasteiger partial charge in [-0.15, -0.1) is 12.4 Å². The van der Waals surface area contributed by atoms with Crippen molar-refractivity contribution in [3.8, 4) is 0 Å². The molecule has 1 aliphatic carbocycles. The van der Waals surface area contributed by atoms with Gasteiger partial charge in [0.05, 0.1) is 6.04 Å². The zero-order chi connectivity index (χ0) is 16.2. The van der Waals surface area contributed by atoms with Gasteiger partial charge in [0, 0.05) is 12.0 Å². The highest BCUT2D eigenvalue weighted by molar-refractivity contribution is 5.85. The molecule has 23 heavy (non-hydrogen) atoms. The van der Waals surface area contributed by atoms with Gasteiger partial charge in [0.2, 0.25) is 5.91 Å². The van der Waals surface area contributed by atoms with Crippen molar-refractivity contribution in [3.05, 3.63) is 35.6 Å². The highest BCUT2D eigenvalue weighted by Gasteiger charge is 2.36. The van der Waals surface area contributed by atoms with Crippen LogP contribution in [0.2, 0.25) is 0 Å². The third kappa shape index (κ3) is 4.67. The maximum atomic E-state index is 13.2. The molecule has 1 saturated carbocycles. The van der Waals surface area contributed by atoms with E-state index in [4.69, 9.17) is 5.73 Å². The van der Waals surface area contributed by atoms with Crippen molar-refractivity contribution in [2.24, 2.45) is 11.7 Å². The molecule has 0 aromatic heterocycles. The van der Waals surface area contributed by atoms with E-state index in [2.05, 4.69) is 5.32 Å². The molecule has 0 radical (unpaired) electrons. The largest absolute Gasteiger partial charge is 0.354 e. The van der Waals surface area contributed by atoms with Gasteiger partial charge in [-0.2, -0.15) is 0 Å². The first-order valence-corrected chi connectivity index (χ1v) is 8.28. The zero-order valence-electron chi connectivity index (χ0n) is 14.0. The molecule has 3 nitrogen and oxygen atoms in total. The fourth-order valence-corrected chi connectivity index (χ4v) is 3.31. The number of hydrogen-bond donors (Lipinski definition) is 2. The summed E-state index contributed by atoms with van der Waals surface area (Å²) in [6, 6.07) is 6.24. The molecule has 0 aliphatic heterocycles. The van der Waals surface area contributed by atoms with E-state index in [9.17, 15) is 9.18 Å². The molecule has 1 fully saturated rings. The molecule has 2 unspecified atom stereocenters. The maximum absolute atomic E-state index is 13.2. The van der Waals surface area contributed by atoms with Crippen molar-refractivity contribution >= 4 is 18.3 Å². The standard InChI is InChI=1S/C18H27FN2O.ClH/c1-3-13(2)16(20)17(22)21-12-18(10-4-5-11-18)14-6-8-15(19)9-7-14;/h6-9,13,16H,3-5,10-12,20H2,1-2H3,(H,21,22);1H. The van der Waals surface area contributed by atoms with Crippen molar-refractivity contribution in [2.75, 3.05) is 6.54 Å². The molecule has 3 N–H and O–H groups in total. The number of amides is 1. The maximum Gasteiger partial charge on any atom is 0.237 e. The molecule has 1 aliphatic rings. The number of carbonyl (C=O) groups is 1. The summed E-state index contributed by atoms with van der Waals surface area (Å²) >= 11 is 0. The van der Waals surface area contributed by atoms with Crippen LogP contribution in [0, 0.1) is 11.7 Å². The Morgan fingerprint density at radius 1 is 1.30 bits per heavy atom. The highest BCUT2D eigenvalue weighted by Crippen LogP contribution is 2.40. The Kier molecular flexibility index (Phi) is 7.49. The monoisotopic (exact) mass is 342 g/mol. The number of carbonyl (C=O) groups excluding carboxylic acids is 1. The van der Waals surface area contributed by atoms with Gasteiger partial charge in [0.1, 0.15) is 5.82 Å². The van der Waals surface area contributed by atoms with Crippen molar-refractivity contribution in [1.29, 1.82) is 0 Å². The lowest BCUT2D eigenvalue weighted by Crippen LogP contribution is -2.48. The molecular weight excluding hydrogens is 315 g/mol. The normalized spacial score (nSPS) is 18.8. The second-order valence-corrected chi connectivity index (χ2v) is 6.62. The second kappa shape index (κ2) is 8.65. The van der Waals surface area contributed by atoms with Crippen LogP contribution in [-0.2, 0) is 10.2 Å². The van der Waals surface area contributed by atoms with Gasteiger partial charge in [0.15, 0.2) is 0 Å². The number of halogens is 2. The smallest absolute Gasteiger partial charge is 0.237 e. The summed E-state index contributed by atoms with van der Waals surface area (Å²) in [6.45, 7) is 4.62. The highest BCUT2D eigenvalue weighted by atomic mass is 35.5. The minimum Gasteiger partial charge on any atom is -0.354 e. The average molecular weight is 343 g/mol. The average Bonchev–Trinajstić information content (AvgIpc) is 3.01. The number of benzene rings is 1. The van der Waals surface area contributed by atoms with E-state index in [1.54, 1.807) is 0 Å². The molecule has 1 amide bonds. The number of nitrogens with one attached hydrogen (secondary N) is 1. The molecule has 1 aromatic carbocycles. The third-order valence-electron chi connectivity index (χ3n) is 5.18. The minimum absolute atomic E-state index is 0. The summed E-state index contributed by atoms with van der Waals surface area (Å²) in [7, 11) is 0. The summed E-state index contributed by atoms with van der Waals surface area (Å²) in [5.41, 5.74) is 7.04. The topological polar surface area (TPSA) is 55.1 Å². The van der Waals surface area contributed by atoms with E-state index < -0.39 is 6.04 Å². The van der Waals surface area contributed by atoms with Crippen LogP contribution in [0.1, 0.15) is 51.5 Å². The van der Waals surface area contributed by atoms with Crippen LogP contribution in [0.4, 0.5) is 4.39 Å². The second-order valence-electron chi connectivity index (χ2n) is 6.62. The lowest BCUT2D eigenvalue weighted by molar-refractivity contribution is -0.123. The fourth-order valence-electron chi connectivity index (χ4n) is 3.31. The van der Waals surface area contributed by atoms with Gasteiger partial charge >= 0.3 is 0 Å². The van der Waals surface area contributed by atoms with Gasteiger partial charge in [-0.25, -0.2) is 4.39 Å². The van der Waals surface area contributed by atoms with E-state index >= 15 is 0 Å². The van der Waals surface area contributed by atoms with E-state index in [0.717, 1.165) is 37.7 Å². The molecule has 1 aromatic rings. The van der Waals surface area contributed by atoms with Crippen LogP contribution in [0.15, 0.2) is 24.3 Å². The van der Waals surface area contributed by atoms with Gasteiger partial charge in [0.25, 0.3) is 0 Å². The summed E-state index contributed by atoms with van der Waals surface area (Å²) in [5, 5.41) is 3.04. The van der Waals surface area contributed by atoms with Crippen LogP contribution < -0.4 is 11.1 Å². The zero-order valence-corrected chi connectivity index (χ0v) is 14.8. The van der Waals surface area contributed by atoms with Crippen LogP contribution in [0.5, 0.6) is 0 Å². The van der Waals surface area contributed by atoms with Crippen LogP contribution in [0.25, 0.3) is 0 Å². The predicted octanol–water partition coefficient (Wildman–Crippen LogP) is 3.55. The predicted molar refractivity (Wildman–Crippen MR) is 94.2 cm³/mol. The van der Waals surface area contributed by atoms with Gasteiger partial charge in [-0.3, -0.25) is 4.79 Å². The number of nitrogens with two attached hydrogens (primary N) is 1. The Bertz CT molecular complexity index is 500. The number of rotatable bonds is 6. The molecule has 0 saturated heterocycles. The van der Waals surface area contributed by atoms with Gasteiger partial charge in [-0.05, 0) is 36.5 Å².